The number of amides is 1. The fourth-order valence-electron chi connectivity index (χ4n) is 3.04. The summed E-state index contributed by atoms with van der Waals surface area (Å²) in [6, 6.07) is 0. The topological polar surface area (TPSA) is 92.3 Å². The number of carbonyl (C=O) groups excluding carboxylic acids is 1. The molecule has 1 aromatic heterocycles. The minimum atomic E-state index is -3.37. The molecule has 1 aromatic rings. The van der Waals surface area contributed by atoms with Crippen molar-refractivity contribution in [2.24, 2.45) is 5.41 Å². The Balaban J connectivity index is 1.82. The molecule has 114 valence electrons. The Morgan fingerprint density at radius 1 is 1.24 bits per heavy atom. The van der Waals surface area contributed by atoms with Gasteiger partial charge in [-0.2, -0.15) is 0 Å². The molecule has 3 rings (SSSR count). The van der Waals surface area contributed by atoms with E-state index >= 15 is 0 Å². The predicted molar refractivity (Wildman–Crippen MR) is 76.6 cm³/mol. The fraction of sp³-hybridized carbons (Fsp3) is 0.615. The highest BCUT2D eigenvalue weighted by Crippen LogP contribution is 2.40. The third-order valence-electron chi connectivity index (χ3n) is 4.26. The Labute approximate surface area is 123 Å². The number of anilines is 1. The van der Waals surface area contributed by atoms with Gasteiger partial charge < -0.3 is 5.32 Å². The van der Waals surface area contributed by atoms with E-state index in [4.69, 9.17) is 0 Å². The monoisotopic (exact) mass is 310 g/mol. The summed E-state index contributed by atoms with van der Waals surface area (Å²) in [5, 5.41) is 3.23. The van der Waals surface area contributed by atoms with Crippen LogP contribution in [0.4, 0.5) is 5.82 Å². The molecular weight excluding hydrogens is 292 g/mol. The maximum atomic E-state index is 12.2. The van der Waals surface area contributed by atoms with E-state index in [2.05, 4.69) is 15.3 Å². The van der Waals surface area contributed by atoms with Crippen LogP contribution in [0, 0.1) is 5.41 Å². The Hall–Kier alpha value is -1.54. The van der Waals surface area contributed by atoms with Crippen molar-refractivity contribution < 1.29 is 13.2 Å². The van der Waals surface area contributed by atoms with Crippen LogP contribution in [0.5, 0.6) is 0 Å². The molecule has 0 radical (unpaired) electrons. The van der Waals surface area contributed by atoms with Crippen LogP contribution in [-0.4, -0.2) is 50.2 Å². The lowest BCUT2D eigenvalue weighted by Gasteiger charge is -2.32. The average molecular weight is 310 g/mol. The van der Waals surface area contributed by atoms with Crippen LogP contribution in [0.25, 0.3) is 0 Å². The van der Waals surface area contributed by atoms with Gasteiger partial charge in [0.2, 0.25) is 5.91 Å². The normalized spacial score (nSPS) is 22.0. The molecule has 21 heavy (non-hydrogen) atoms. The van der Waals surface area contributed by atoms with Gasteiger partial charge in [0.25, 0.3) is 0 Å². The summed E-state index contributed by atoms with van der Waals surface area (Å²) in [6.45, 7) is 2.50. The molecule has 0 atom stereocenters. The highest BCUT2D eigenvalue weighted by molar-refractivity contribution is 7.90. The van der Waals surface area contributed by atoms with E-state index in [0.717, 1.165) is 32.2 Å². The average Bonchev–Trinajstić information content (AvgIpc) is 2.75. The van der Waals surface area contributed by atoms with E-state index in [0.29, 0.717) is 18.8 Å². The molecule has 7 nitrogen and oxygen atoms in total. The zero-order valence-electron chi connectivity index (χ0n) is 11.9. The number of nitrogens with zero attached hydrogens (tertiary/aromatic N) is 3. The summed E-state index contributed by atoms with van der Waals surface area (Å²) in [4.78, 5) is 21.9. The van der Waals surface area contributed by atoms with E-state index in [1.54, 1.807) is 4.90 Å². The Morgan fingerprint density at radius 2 is 1.95 bits per heavy atom. The minimum absolute atomic E-state index is 0.0273. The number of rotatable bonds is 2. The smallest absolute Gasteiger partial charge is 0.228 e. The molecule has 1 N–H and O–H groups in total. The van der Waals surface area contributed by atoms with Gasteiger partial charge in [0.05, 0.1) is 12.4 Å². The van der Waals surface area contributed by atoms with Crippen molar-refractivity contribution in [1.29, 1.82) is 0 Å². The van der Waals surface area contributed by atoms with E-state index in [-0.39, 0.29) is 16.3 Å². The molecule has 1 spiro atoms. The summed E-state index contributed by atoms with van der Waals surface area (Å²) in [7, 11) is -3.37. The van der Waals surface area contributed by atoms with Crippen LogP contribution in [-0.2, 0) is 14.6 Å². The molecule has 0 aliphatic carbocycles. The number of nitrogens with one attached hydrogen (secondary N) is 1. The van der Waals surface area contributed by atoms with Gasteiger partial charge in [0, 0.05) is 19.2 Å². The number of hydrogen-bond donors (Lipinski definition) is 1. The Bertz CT molecular complexity index is 650. The minimum Gasteiger partial charge on any atom is -0.317 e. The first-order valence-corrected chi connectivity index (χ1v) is 8.82. The molecule has 2 aliphatic rings. The Morgan fingerprint density at radius 3 is 2.52 bits per heavy atom. The molecule has 0 aromatic carbocycles. The second-order valence-electron chi connectivity index (χ2n) is 5.89. The van der Waals surface area contributed by atoms with Crippen LogP contribution < -0.4 is 10.2 Å². The first-order valence-electron chi connectivity index (χ1n) is 6.93. The van der Waals surface area contributed by atoms with Crippen molar-refractivity contribution in [2.45, 2.75) is 24.3 Å². The summed E-state index contributed by atoms with van der Waals surface area (Å²) in [5.74, 6) is 0.473. The number of carbonyl (C=O) groups is 1. The van der Waals surface area contributed by atoms with Gasteiger partial charge in [0.1, 0.15) is 0 Å². The van der Waals surface area contributed by atoms with Gasteiger partial charge in [-0.25, -0.2) is 18.4 Å². The highest BCUT2D eigenvalue weighted by Gasteiger charge is 2.44. The lowest BCUT2D eigenvalue weighted by molar-refractivity contribution is -0.118. The summed E-state index contributed by atoms with van der Waals surface area (Å²) >= 11 is 0. The predicted octanol–water partition coefficient (Wildman–Crippen LogP) is -0.0134. The second-order valence-corrected chi connectivity index (χ2v) is 7.85. The maximum Gasteiger partial charge on any atom is 0.228 e. The lowest BCUT2D eigenvalue weighted by atomic mass is 9.78. The quantitative estimate of drug-likeness (QED) is 0.826. The first-order chi connectivity index (χ1) is 9.90. The van der Waals surface area contributed by atoms with Crippen molar-refractivity contribution in [2.75, 3.05) is 30.8 Å². The molecule has 0 saturated carbocycles. The van der Waals surface area contributed by atoms with Crippen molar-refractivity contribution in [3.05, 3.63) is 12.4 Å². The molecular formula is C13H18N4O3S. The number of aromatic nitrogens is 2. The van der Waals surface area contributed by atoms with E-state index in [1.165, 1.54) is 12.4 Å². The van der Waals surface area contributed by atoms with Gasteiger partial charge in [-0.05, 0) is 31.3 Å². The van der Waals surface area contributed by atoms with Crippen LogP contribution in [0.3, 0.4) is 0 Å². The molecule has 2 saturated heterocycles. The third-order valence-corrected chi connectivity index (χ3v) is 5.23. The third kappa shape index (κ3) is 2.77. The van der Waals surface area contributed by atoms with E-state index in [9.17, 15) is 13.2 Å². The summed E-state index contributed by atoms with van der Waals surface area (Å²) < 4.78 is 22.8. The molecule has 2 aliphatic heterocycles. The lowest BCUT2D eigenvalue weighted by Crippen LogP contribution is -2.38. The second kappa shape index (κ2) is 5.03. The van der Waals surface area contributed by atoms with E-state index < -0.39 is 9.84 Å². The van der Waals surface area contributed by atoms with Crippen molar-refractivity contribution in [3.63, 3.8) is 0 Å². The number of hydrogen-bond acceptors (Lipinski definition) is 6. The van der Waals surface area contributed by atoms with Gasteiger partial charge >= 0.3 is 0 Å². The van der Waals surface area contributed by atoms with Crippen LogP contribution >= 0.6 is 0 Å². The maximum absolute atomic E-state index is 12.2. The van der Waals surface area contributed by atoms with Crippen LogP contribution in [0.1, 0.15) is 19.3 Å². The van der Waals surface area contributed by atoms with Gasteiger partial charge in [-0.15, -0.1) is 0 Å². The summed E-state index contributed by atoms with van der Waals surface area (Å²) in [6.07, 6.45) is 6.15. The molecule has 0 bridgehead atoms. The number of piperidine rings is 1. The molecule has 1 amide bonds. The SMILES string of the molecule is CS(=O)(=O)c1cnc(N2CC3(CCNCC3)CC2=O)cn1. The molecule has 3 heterocycles. The van der Waals surface area contributed by atoms with Gasteiger partial charge in [0.15, 0.2) is 20.7 Å². The first kappa shape index (κ1) is 14.4. The van der Waals surface area contributed by atoms with Gasteiger partial charge in [-0.3, -0.25) is 9.69 Å². The standard InChI is InChI=1S/C13H18N4O3S/c1-21(19,20)11-8-15-10(7-16-11)17-9-13(6-12(17)18)2-4-14-5-3-13/h7-8,14H,2-6,9H2,1H3. The van der Waals surface area contributed by atoms with Gasteiger partial charge in [-0.1, -0.05) is 0 Å². The van der Waals surface area contributed by atoms with Crippen LogP contribution in [0.15, 0.2) is 17.4 Å². The number of sulfone groups is 1. The highest BCUT2D eigenvalue weighted by atomic mass is 32.2. The van der Waals surface area contributed by atoms with Crippen molar-refractivity contribution in [3.8, 4) is 0 Å². The summed E-state index contributed by atoms with van der Waals surface area (Å²) in [5.41, 5.74) is 0.0273. The van der Waals surface area contributed by atoms with E-state index in [1.807, 2.05) is 0 Å². The Kier molecular flexibility index (Phi) is 3.45. The largest absolute Gasteiger partial charge is 0.317 e. The van der Waals surface area contributed by atoms with Crippen molar-refractivity contribution >= 4 is 21.6 Å². The van der Waals surface area contributed by atoms with Crippen molar-refractivity contribution in [1.82, 2.24) is 15.3 Å². The molecule has 8 heteroatoms. The zero-order valence-corrected chi connectivity index (χ0v) is 12.7. The zero-order chi connectivity index (χ0) is 15.1. The van der Waals surface area contributed by atoms with Crippen LogP contribution in [0.2, 0.25) is 0 Å². The fourth-order valence-corrected chi connectivity index (χ4v) is 3.53. The molecule has 0 unspecified atom stereocenters. The molecule has 2 fully saturated rings.